The zero-order valence-corrected chi connectivity index (χ0v) is 17.2. The van der Waals surface area contributed by atoms with Crippen molar-refractivity contribution < 1.29 is 22.7 Å². The Morgan fingerprint density at radius 1 is 1.28 bits per heavy atom. The predicted octanol–water partition coefficient (Wildman–Crippen LogP) is 1.74. The molecule has 2 N–H and O–H groups in total. The van der Waals surface area contributed by atoms with Gasteiger partial charge in [0.15, 0.2) is 16.3 Å². The maximum atomic E-state index is 12.8. The first-order valence-electron chi connectivity index (χ1n) is 8.20. The van der Waals surface area contributed by atoms with Crippen LogP contribution in [0.3, 0.4) is 0 Å². The number of primary sulfonamides is 1. The van der Waals surface area contributed by atoms with E-state index in [1.807, 2.05) is 0 Å². The molecule has 0 bridgehead atoms. The molecule has 0 aliphatic carbocycles. The average Bonchev–Trinajstić information content (AvgIpc) is 3.03. The third-order valence-electron chi connectivity index (χ3n) is 4.06. The summed E-state index contributed by atoms with van der Waals surface area (Å²) in [5, 5.41) is 5.20. The second-order valence-corrected chi connectivity index (χ2v) is 8.38. The van der Waals surface area contributed by atoms with Crippen LogP contribution in [0.15, 0.2) is 46.3 Å². The molecule has 29 heavy (non-hydrogen) atoms. The van der Waals surface area contributed by atoms with Crippen molar-refractivity contribution in [1.29, 1.82) is 0 Å². The molecule has 2 aromatic carbocycles. The van der Waals surface area contributed by atoms with Gasteiger partial charge in [-0.05, 0) is 30.3 Å². The van der Waals surface area contributed by atoms with Crippen LogP contribution in [0.4, 0.5) is 0 Å². The largest absolute Gasteiger partial charge is 0.493 e. The van der Waals surface area contributed by atoms with E-state index in [1.165, 1.54) is 26.4 Å². The van der Waals surface area contributed by atoms with Crippen molar-refractivity contribution >= 4 is 37.5 Å². The summed E-state index contributed by atoms with van der Waals surface area (Å²) in [4.78, 5) is 17.3. The summed E-state index contributed by atoms with van der Waals surface area (Å²) in [5.41, 5.74) is 0.867. The molecule has 0 saturated carbocycles. The number of benzene rings is 2. The molecular weight excluding hydrogens is 414 g/mol. The third-order valence-corrected chi connectivity index (χ3v) is 6.01. The molecule has 0 fully saturated rings. The van der Waals surface area contributed by atoms with Gasteiger partial charge in [0, 0.05) is 0 Å². The number of sulfonamides is 1. The lowest BCUT2D eigenvalue weighted by Gasteiger charge is -2.09. The summed E-state index contributed by atoms with van der Waals surface area (Å²) in [6.07, 6.45) is 5.46. The fourth-order valence-electron chi connectivity index (χ4n) is 2.76. The van der Waals surface area contributed by atoms with Gasteiger partial charge in [0.05, 0.1) is 41.4 Å². The molecule has 0 spiro atoms. The van der Waals surface area contributed by atoms with Gasteiger partial charge in [-0.25, -0.2) is 13.6 Å². The highest BCUT2D eigenvalue weighted by molar-refractivity contribution is 7.89. The second kappa shape index (κ2) is 8.08. The number of methoxy groups -OCH3 is 2. The fraction of sp³-hybridized carbons (Fsp3) is 0.158. The van der Waals surface area contributed by atoms with Crippen molar-refractivity contribution in [3.63, 3.8) is 0 Å². The van der Waals surface area contributed by atoms with E-state index in [9.17, 15) is 13.2 Å². The Bertz CT molecular complexity index is 1310. The summed E-state index contributed by atoms with van der Waals surface area (Å²) in [6.45, 7) is 0.149. The number of aromatic nitrogens is 1. The highest BCUT2D eigenvalue weighted by Crippen LogP contribution is 2.31. The van der Waals surface area contributed by atoms with Gasteiger partial charge in [-0.3, -0.25) is 4.79 Å². The SMILES string of the molecule is C#CCn1c(=NC(=O)c2cccc(OC)c2OC)sc2cc(S(N)(=O)=O)ccc21. The van der Waals surface area contributed by atoms with Gasteiger partial charge in [-0.1, -0.05) is 23.3 Å². The predicted molar refractivity (Wildman–Crippen MR) is 109 cm³/mol. The number of nitrogens with zero attached hydrogens (tertiary/aromatic N) is 2. The van der Waals surface area contributed by atoms with Gasteiger partial charge in [-0.2, -0.15) is 4.99 Å². The normalized spacial score (nSPS) is 12.0. The smallest absolute Gasteiger partial charge is 0.283 e. The Balaban J connectivity index is 2.21. The molecular formula is C19H17N3O5S2. The van der Waals surface area contributed by atoms with Gasteiger partial charge >= 0.3 is 0 Å². The topological polar surface area (TPSA) is 113 Å². The number of ether oxygens (including phenoxy) is 2. The van der Waals surface area contributed by atoms with Gasteiger partial charge in [0.1, 0.15) is 0 Å². The van der Waals surface area contributed by atoms with E-state index in [0.717, 1.165) is 11.3 Å². The van der Waals surface area contributed by atoms with Crippen molar-refractivity contribution in [1.82, 2.24) is 4.57 Å². The van der Waals surface area contributed by atoms with E-state index in [4.69, 9.17) is 21.0 Å². The van der Waals surface area contributed by atoms with Crippen LogP contribution in [0.2, 0.25) is 0 Å². The van der Waals surface area contributed by atoms with E-state index in [1.54, 1.807) is 28.8 Å². The molecule has 1 heterocycles. The molecule has 0 atom stereocenters. The van der Waals surface area contributed by atoms with Crippen LogP contribution < -0.4 is 19.4 Å². The van der Waals surface area contributed by atoms with Crippen molar-refractivity contribution in [3.05, 3.63) is 46.8 Å². The summed E-state index contributed by atoms with van der Waals surface area (Å²) in [5.74, 6) is 2.63. The van der Waals surface area contributed by atoms with Crippen molar-refractivity contribution in [2.24, 2.45) is 10.1 Å². The molecule has 10 heteroatoms. The van der Waals surface area contributed by atoms with Crippen molar-refractivity contribution in [3.8, 4) is 23.8 Å². The Labute approximate surface area is 171 Å². The van der Waals surface area contributed by atoms with E-state index in [-0.39, 0.29) is 22.8 Å². The van der Waals surface area contributed by atoms with Crippen LogP contribution in [-0.4, -0.2) is 33.1 Å². The number of fused-ring (bicyclic) bond motifs is 1. The lowest BCUT2D eigenvalue weighted by Crippen LogP contribution is -2.17. The number of amides is 1. The highest BCUT2D eigenvalue weighted by atomic mass is 32.2. The van der Waals surface area contributed by atoms with E-state index in [0.29, 0.717) is 20.8 Å². The minimum atomic E-state index is -3.86. The van der Waals surface area contributed by atoms with Gasteiger partial charge in [0.2, 0.25) is 10.0 Å². The molecule has 0 unspecified atom stereocenters. The Hall–Kier alpha value is -3.13. The molecule has 0 aliphatic heterocycles. The molecule has 150 valence electrons. The van der Waals surface area contributed by atoms with Gasteiger partial charge in [-0.15, -0.1) is 6.42 Å². The first kappa shape index (κ1) is 20.6. The Morgan fingerprint density at radius 2 is 2.03 bits per heavy atom. The van der Waals surface area contributed by atoms with Crippen LogP contribution in [0.25, 0.3) is 10.2 Å². The summed E-state index contributed by atoms with van der Waals surface area (Å²) >= 11 is 1.13. The maximum Gasteiger partial charge on any atom is 0.283 e. The molecule has 0 saturated heterocycles. The zero-order chi connectivity index (χ0) is 21.2. The first-order chi connectivity index (χ1) is 13.8. The summed E-state index contributed by atoms with van der Waals surface area (Å²) < 4.78 is 36.0. The number of terminal acetylenes is 1. The molecule has 0 radical (unpaired) electrons. The fourth-order valence-corrected chi connectivity index (χ4v) is 4.44. The van der Waals surface area contributed by atoms with Crippen molar-refractivity contribution in [2.75, 3.05) is 14.2 Å². The lowest BCUT2D eigenvalue weighted by atomic mass is 10.2. The van der Waals surface area contributed by atoms with E-state index < -0.39 is 15.9 Å². The lowest BCUT2D eigenvalue weighted by molar-refractivity contribution is 0.0994. The Kier molecular flexibility index (Phi) is 5.74. The number of carbonyl (C=O) groups is 1. The van der Waals surface area contributed by atoms with Crippen LogP contribution in [-0.2, 0) is 16.6 Å². The minimum absolute atomic E-state index is 0.0357. The van der Waals surface area contributed by atoms with Gasteiger partial charge in [0.25, 0.3) is 5.91 Å². The highest BCUT2D eigenvalue weighted by Gasteiger charge is 2.17. The number of thiazole rings is 1. The first-order valence-corrected chi connectivity index (χ1v) is 10.6. The molecule has 8 nitrogen and oxygen atoms in total. The molecule has 1 aromatic heterocycles. The molecule has 3 rings (SSSR count). The quantitative estimate of drug-likeness (QED) is 0.618. The minimum Gasteiger partial charge on any atom is -0.493 e. The number of carbonyl (C=O) groups excluding carboxylic acids is 1. The average molecular weight is 431 g/mol. The monoisotopic (exact) mass is 431 g/mol. The number of hydrogen-bond acceptors (Lipinski definition) is 6. The maximum absolute atomic E-state index is 12.8. The number of rotatable bonds is 5. The van der Waals surface area contributed by atoms with E-state index >= 15 is 0 Å². The van der Waals surface area contributed by atoms with Crippen LogP contribution in [0.5, 0.6) is 11.5 Å². The van der Waals surface area contributed by atoms with Crippen LogP contribution >= 0.6 is 11.3 Å². The molecule has 3 aromatic rings. The zero-order valence-electron chi connectivity index (χ0n) is 15.6. The van der Waals surface area contributed by atoms with Gasteiger partial charge < -0.3 is 14.0 Å². The summed E-state index contributed by atoms with van der Waals surface area (Å²) in [6, 6.07) is 9.29. The van der Waals surface area contributed by atoms with Crippen LogP contribution in [0, 0.1) is 12.3 Å². The number of hydrogen-bond donors (Lipinski definition) is 1. The van der Waals surface area contributed by atoms with Crippen molar-refractivity contribution in [2.45, 2.75) is 11.4 Å². The van der Waals surface area contributed by atoms with Crippen LogP contribution in [0.1, 0.15) is 10.4 Å². The number of nitrogens with two attached hydrogens (primary N) is 1. The second-order valence-electron chi connectivity index (χ2n) is 5.81. The third kappa shape index (κ3) is 4.02. The molecule has 0 aliphatic rings. The standard InChI is InChI=1S/C19H17N3O5S2/c1-4-10-22-14-9-8-12(29(20,24)25)11-16(14)28-19(22)21-18(23)13-6-5-7-15(26-2)17(13)27-3/h1,5-9,11H,10H2,2-3H3,(H2,20,24,25). The summed E-state index contributed by atoms with van der Waals surface area (Å²) in [7, 11) is -0.960. The van der Waals surface area contributed by atoms with E-state index in [2.05, 4.69) is 10.9 Å². The number of para-hydroxylation sites is 1. The Morgan fingerprint density at radius 3 is 2.66 bits per heavy atom. The molecule has 1 amide bonds.